The molecule has 0 atom stereocenters. The first-order valence-corrected chi connectivity index (χ1v) is 9.15. The van der Waals surface area contributed by atoms with E-state index in [1.165, 1.54) is 5.56 Å². The summed E-state index contributed by atoms with van der Waals surface area (Å²) in [5, 5.41) is 0. The second-order valence-electron chi connectivity index (χ2n) is 6.76. The summed E-state index contributed by atoms with van der Waals surface area (Å²) in [6.07, 6.45) is 1.40. The van der Waals surface area contributed by atoms with Gasteiger partial charge < -0.3 is 19.3 Å². The summed E-state index contributed by atoms with van der Waals surface area (Å²) < 4.78 is 11.1. The number of ether oxygens (including phenoxy) is 2. The lowest BCUT2D eigenvalue weighted by atomic mass is 10.1. The SMILES string of the molecule is COc1ccccc1N1CCN(C(=O)Cc2ccc3c(c2)OCC3)CC1. The normalized spacial score (nSPS) is 16.2. The van der Waals surface area contributed by atoms with Crippen LogP contribution in [-0.4, -0.2) is 50.7 Å². The predicted molar refractivity (Wildman–Crippen MR) is 101 cm³/mol. The number of anilines is 1. The fourth-order valence-electron chi connectivity index (χ4n) is 3.69. The highest BCUT2D eigenvalue weighted by Crippen LogP contribution is 2.29. The maximum absolute atomic E-state index is 12.7. The highest BCUT2D eigenvalue weighted by molar-refractivity contribution is 5.79. The number of benzene rings is 2. The van der Waals surface area contributed by atoms with Crippen LogP contribution in [0.25, 0.3) is 0 Å². The summed E-state index contributed by atoms with van der Waals surface area (Å²) in [5.74, 6) is 2.00. The molecule has 0 N–H and O–H groups in total. The fourth-order valence-corrected chi connectivity index (χ4v) is 3.69. The van der Waals surface area contributed by atoms with Crippen LogP contribution in [0.3, 0.4) is 0 Å². The number of hydrogen-bond donors (Lipinski definition) is 0. The number of nitrogens with zero attached hydrogens (tertiary/aromatic N) is 2. The van der Waals surface area contributed by atoms with Crippen molar-refractivity contribution in [3.8, 4) is 11.5 Å². The van der Waals surface area contributed by atoms with Gasteiger partial charge in [-0.15, -0.1) is 0 Å². The number of methoxy groups -OCH3 is 1. The predicted octanol–water partition coefficient (Wildman–Crippen LogP) is 2.52. The average Bonchev–Trinajstić information content (AvgIpc) is 3.16. The Bertz CT molecular complexity index is 798. The van der Waals surface area contributed by atoms with E-state index in [-0.39, 0.29) is 5.91 Å². The Balaban J connectivity index is 1.36. The summed E-state index contributed by atoms with van der Waals surface area (Å²) in [6.45, 7) is 3.85. The van der Waals surface area contributed by atoms with Gasteiger partial charge in [0.05, 0.1) is 25.8 Å². The van der Waals surface area contributed by atoms with Gasteiger partial charge in [-0.2, -0.15) is 0 Å². The average molecular weight is 352 g/mol. The maximum atomic E-state index is 12.7. The van der Waals surface area contributed by atoms with E-state index in [1.807, 2.05) is 29.2 Å². The number of amides is 1. The fraction of sp³-hybridized carbons (Fsp3) is 0.381. The lowest BCUT2D eigenvalue weighted by Crippen LogP contribution is -2.49. The molecule has 1 amide bonds. The first-order valence-electron chi connectivity index (χ1n) is 9.15. The largest absolute Gasteiger partial charge is 0.495 e. The number of carbonyl (C=O) groups excluding carboxylic acids is 1. The van der Waals surface area contributed by atoms with Crippen LogP contribution >= 0.6 is 0 Å². The van der Waals surface area contributed by atoms with Crippen LogP contribution < -0.4 is 14.4 Å². The Hall–Kier alpha value is -2.69. The minimum atomic E-state index is 0.183. The second-order valence-corrected chi connectivity index (χ2v) is 6.76. The van der Waals surface area contributed by atoms with E-state index >= 15 is 0 Å². The van der Waals surface area contributed by atoms with Crippen LogP contribution in [0.2, 0.25) is 0 Å². The lowest BCUT2D eigenvalue weighted by Gasteiger charge is -2.36. The van der Waals surface area contributed by atoms with E-state index in [2.05, 4.69) is 23.1 Å². The molecule has 0 aromatic heterocycles. The van der Waals surface area contributed by atoms with Gasteiger partial charge in [-0.25, -0.2) is 0 Å². The third-order valence-electron chi connectivity index (χ3n) is 5.17. The van der Waals surface area contributed by atoms with Crippen molar-refractivity contribution < 1.29 is 14.3 Å². The molecule has 2 heterocycles. The Morgan fingerprint density at radius 3 is 2.73 bits per heavy atom. The van der Waals surface area contributed by atoms with Crippen molar-refractivity contribution >= 4 is 11.6 Å². The molecule has 0 unspecified atom stereocenters. The summed E-state index contributed by atoms with van der Waals surface area (Å²) in [6, 6.07) is 14.2. The molecule has 0 bridgehead atoms. The third kappa shape index (κ3) is 3.34. The Morgan fingerprint density at radius 2 is 1.92 bits per heavy atom. The zero-order valence-electron chi connectivity index (χ0n) is 15.1. The minimum Gasteiger partial charge on any atom is -0.495 e. The summed E-state index contributed by atoms with van der Waals surface area (Å²) in [4.78, 5) is 16.9. The Labute approximate surface area is 154 Å². The molecular weight excluding hydrogens is 328 g/mol. The van der Waals surface area contributed by atoms with Gasteiger partial charge in [-0.3, -0.25) is 4.79 Å². The molecule has 2 aromatic rings. The van der Waals surface area contributed by atoms with Crippen molar-refractivity contribution in [2.75, 3.05) is 44.8 Å². The van der Waals surface area contributed by atoms with Crippen LogP contribution in [0.4, 0.5) is 5.69 Å². The zero-order chi connectivity index (χ0) is 17.9. The first-order chi connectivity index (χ1) is 12.7. The molecule has 1 saturated heterocycles. The Kier molecular flexibility index (Phi) is 4.69. The monoisotopic (exact) mass is 352 g/mol. The molecule has 0 aliphatic carbocycles. The molecule has 0 saturated carbocycles. The van der Waals surface area contributed by atoms with Crippen LogP contribution in [-0.2, 0) is 17.6 Å². The highest BCUT2D eigenvalue weighted by Gasteiger charge is 2.23. The molecule has 0 spiro atoms. The van der Waals surface area contributed by atoms with Crippen molar-refractivity contribution in [3.05, 3.63) is 53.6 Å². The molecule has 5 nitrogen and oxygen atoms in total. The van der Waals surface area contributed by atoms with E-state index in [4.69, 9.17) is 9.47 Å². The second kappa shape index (κ2) is 7.28. The van der Waals surface area contributed by atoms with E-state index in [1.54, 1.807) is 7.11 Å². The zero-order valence-corrected chi connectivity index (χ0v) is 15.1. The molecule has 0 radical (unpaired) electrons. The van der Waals surface area contributed by atoms with Gasteiger partial charge in [-0.05, 0) is 29.3 Å². The number of rotatable bonds is 4. The topological polar surface area (TPSA) is 42.0 Å². The summed E-state index contributed by atoms with van der Waals surface area (Å²) in [5.41, 5.74) is 3.37. The Morgan fingerprint density at radius 1 is 1.12 bits per heavy atom. The van der Waals surface area contributed by atoms with Gasteiger partial charge in [0.15, 0.2) is 0 Å². The number of piperazine rings is 1. The molecule has 4 rings (SSSR count). The lowest BCUT2D eigenvalue weighted by molar-refractivity contribution is -0.130. The molecule has 1 fully saturated rings. The van der Waals surface area contributed by atoms with Gasteiger partial charge in [-0.1, -0.05) is 24.3 Å². The van der Waals surface area contributed by atoms with Crippen LogP contribution in [0, 0.1) is 0 Å². The van der Waals surface area contributed by atoms with Gasteiger partial charge in [0.1, 0.15) is 11.5 Å². The third-order valence-corrected chi connectivity index (χ3v) is 5.17. The molecular formula is C21H24N2O3. The molecule has 136 valence electrons. The molecule has 2 aliphatic rings. The van der Waals surface area contributed by atoms with Crippen LogP contribution in [0.15, 0.2) is 42.5 Å². The van der Waals surface area contributed by atoms with E-state index in [9.17, 15) is 4.79 Å². The molecule has 5 heteroatoms. The van der Waals surface area contributed by atoms with Crippen molar-refractivity contribution in [3.63, 3.8) is 0 Å². The highest BCUT2D eigenvalue weighted by atomic mass is 16.5. The first kappa shape index (κ1) is 16.8. The van der Waals surface area contributed by atoms with Gasteiger partial charge in [0.25, 0.3) is 0 Å². The quantitative estimate of drug-likeness (QED) is 0.848. The van der Waals surface area contributed by atoms with Gasteiger partial charge >= 0.3 is 0 Å². The molecule has 2 aliphatic heterocycles. The number of carbonyl (C=O) groups is 1. The minimum absolute atomic E-state index is 0.183. The van der Waals surface area contributed by atoms with Crippen molar-refractivity contribution in [2.45, 2.75) is 12.8 Å². The number of hydrogen-bond acceptors (Lipinski definition) is 4. The van der Waals surface area contributed by atoms with Crippen molar-refractivity contribution in [2.24, 2.45) is 0 Å². The van der Waals surface area contributed by atoms with Crippen LogP contribution in [0.5, 0.6) is 11.5 Å². The van der Waals surface area contributed by atoms with Gasteiger partial charge in [0, 0.05) is 32.6 Å². The van der Waals surface area contributed by atoms with Gasteiger partial charge in [0.2, 0.25) is 5.91 Å². The van der Waals surface area contributed by atoms with E-state index < -0.39 is 0 Å². The molecule has 2 aromatic carbocycles. The number of fused-ring (bicyclic) bond motifs is 1. The summed E-state index contributed by atoms with van der Waals surface area (Å²) in [7, 11) is 1.69. The molecule has 26 heavy (non-hydrogen) atoms. The van der Waals surface area contributed by atoms with E-state index in [0.717, 1.165) is 62.0 Å². The standard InChI is InChI=1S/C21H24N2O3/c1-25-19-5-3-2-4-18(19)22-9-11-23(12-10-22)21(24)15-16-6-7-17-8-13-26-20(17)14-16/h2-7,14H,8-13,15H2,1H3. The smallest absolute Gasteiger partial charge is 0.227 e. The van der Waals surface area contributed by atoms with E-state index in [0.29, 0.717) is 6.42 Å². The number of para-hydroxylation sites is 2. The summed E-state index contributed by atoms with van der Waals surface area (Å²) >= 11 is 0. The van der Waals surface area contributed by atoms with Crippen molar-refractivity contribution in [1.29, 1.82) is 0 Å². The van der Waals surface area contributed by atoms with Crippen LogP contribution in [0.1, 0.15) is 11.1 Å². The van der Waals surface area contributed by atoms with Crippen molar-refractivity contribution in [1.82, 2.24) is 4.90 Å². The maximum Gasteiger partial charge on any atom is 0.227 e.